The Labute approximate surface area is 279 Å². The van der Waals surface area contributed by atoms with E-state index in [1.807, 2.05) is 18.2 Å². The number of oxazole rings is 1. The van der Waals surface area contributed by atoms with Gasteiger partial charge in [-0.1, -0.05) is 76.0 Å². The second-order valence-electron chi connectivity index (χ2n) is 15.3. The number of aryl methyl sites for hydroxylation is 1. The number of nitrogens with zero attached hydrogens (tertiary/aromatic N) is 1. The van der Waals surface area contributed by atoms with Gasteiger partial charge in [-0.05, 0) is 109 Å². The summed E-state index contributed by atoms with van der Waals surface area (Å²) in [7, 11) is 0. The van der Waals surface area contributed by atoms with Crippen LogP contribution in [-0.4, -0.2) is 23.1 Å². The number of halogens is 1. The molecule has 3 aromatic rings. The molecule has 3 aliphatic carbocycles. The summed E-state index contributed by atoms with van der Waals surface area (Å²) in [6.45, 7) is 3.34. The molecule has 4 unspecified atom stereocenters. The number of carbonyl (C=O) groups is 1. The number of benzene rings is 2. The van der Waals surface area contributed by atoms with Crippen LogP contribution in [0.4, 0.5) is 4.39 Å². The van der Waals surface area contributed by atoms with Gasteiger partial charge < -0.3 is 15.1 Å². The molecular formula is C40H53FN4O2. The van der Waals surface area contributed by atoms with E-state index in [0.717, 1.165) is 30.5 Å². The first-order chi connectivity index (χ1) is 22.9. The van der Waals surface area contributed by atoms with Crippen LogP contribution in [0.25, 0.3) is 0 Å². The van der Waals surface area contributed by atoms with Crippen molar-refractivity contribution < 1.29 is 13.6 Å². The summed E-state index contributed by atoms with van der Waals surface area (Å²) >= 11 is 0. The largest absolute Gasteiger partial charge is 0.432 e. The van der Waals surface area contributed by atoms with Gasteiger partial charge in [0, 0.05) is 24.3 Å². The van der Waals surface area contributed by atoms with E-state index in [9.17, 15) is 9.18 Å². The third kappa shape index (κ3) is 7.16. The Balaban J connectivity index is 1.28. The van der Waals surface area contributed by atoms with Gasteiger partial charge in [-0.2, -0.15) is 0 Å². The molecule has 0 bridgehead atoms. The van der Waals surface area contributed by atoms with Crippen molar-refractivity contribution in [3.8, 4) is 0 Å². The average Bonchev–Trinajstić information content (AvgIpc) is 3.68. The molecule has 3 N–H and O–H groups in total. The number of nitrogens with one attached hydrogen (secondary N) is 3. The van der Waals surface area contributed by atoms with E-state index < -0.39 is 0 Å². The van der Waals surface area contributed by atoms with Crippen molar-refractivity contribution in [2.45, 2.75) is 128 Å². The van der Waals surface area contributed by atoms with E-state index in [2.05, 4.69) is 22.8 Å². The minimum absolute atomic E-state index is 0.0660. The summed E-state index contributed by atoms with van der Waals surface area (Å²) in [5.74, 6) is 1.05. The summed E-state index contributed by atoms with van der Waals surface area (Å²) < 4.78 is 21.3. The van der Waals surface area contributed by atoms with Crippen LogP contribution in [0.15, 0.2) is 53.3 Å². The molecule has 4 atom stereocenters. The molecule has 1 aliphatic heterocycles. The highest BCUT2D eigenvalue weighted by Gasteiger charge is 2.50. The lowest BCUT2D eigenvalue weighted by molar-refractivity contribution is 0.0686. The number of amides is 1. The van der Waals surface area contributed by atoms with Crippen molar-refractivity contribution in [3.63, 3.8) is 0 Å². The van der Waals surface area contributed by atoms with Crippen LogP contribution < -0.4 is 16.3 Å². The normalized spacial score (nSPS) is 25.5. The van der Waals surface area contributed by atoms with Gasteiger partial charge in [0.1, 0.15) is 12.1 Å². The minimum Gasteiger partial charge on any atom is -0.432 e. The van der Waals surface area contributed by atoms with E-state index in [-0.39, 0.29) is 28.9 Å². The van der Waals surface area contributed by atoms with Crippen molar-refractivity contribution >= 4 is 5.91 Å². The number of rotatable bonds is 7. The van der Waals surface area contributed by atoms with Crippen molar-refractivity contribution in [1.82, 2.24) is 15.2 Å². The first-order valence-corrected chi connectivity index (χ1v) is 18.5. The van der Waals surface area contributed by atoms with Crippen LogP contribution in [-0.2, 0) is 6.54 Å². The topological polar surface area (TPSA) is 83.1 Å². The molecule has 4 fully saturated rings. The quantitative estimate of drug-likeness (QED) is 0.242. The number of fused-ring (bicyclic) bond motifs is 1. The van der Waals surface area contributed by atoms with Gasteiger partial charge in [-0.15, -0.1) is 0 Å². The average molecular weight is 641 g/mol. The van der Waals surface area contributed by atoms with Crippen LogP contribution >= 0.6 is 0 Å². The van der Waals surface area contributed by atoms with Crippen LogP contribution in [0.2, 0.25) is 0 Å². The maximum absolute atomic E-state index is 14.3. The predicted octanol–water partition coefficient (Wildman–Crippen LogP) is 8.69. The number of carbonyl (C=O) groups excluding carboxylic acids is 1. The summed E-state index contributed by atoms with van der Waals surface area (Å²) in [6.07, 6.45) is 22.3. The molecule has 47 heavy (non-hydrogen) atoms. The SMILES string of the molecule is Cc1cc(C(NC(=O)c2cc(Cn3ccoc3=N)cc(C3C4CCCC4NCC34CCCCCCCCCC4)c2)C2CC2)ccc1F. The summed E-state index contributed by atoms with van der Waals surface area (Å²) in [4.78, 5) is 14.3. The lowest BCUT2D eigenvalue weighted by Gasteiger charge is -2.51. The highest BCUT2D eigenvalue weighted by Crippen LogP contribution is 2.55. The summed E-state index contributed by atoms with van der Waals surface area (Å²) in [5, 5.41) is 15.8. The van der Waals surface area contributed by atoms with Gasteiger partial charge in [0.15, 0.2) is 0 Å². The van der Waals surface area contributed by atoms with Gasteiger partial charge in [0.25, 0.3) is 11.6 Å². The van der Waals surface area contributed by atoms with Crippen LogP contribution in [0.1, 0.15) is 141 Å². The first-order valence-electron chi connectivity index (χ1n) is 18.5. The molecule has 2 heterocycles. The highest BCUT2D eigenvalue weighted by atomic mass is 19.1. The van der Waals surface area contributed by atoms with E-state index in [0.29, 0.717) is 41.5 Å². The Morgan fingerprint density at radius 1 is 1.00 bits per heavy atom. The third-order valence-corrected chi connectivity index (χ3v) is 12.1. The van der Waals surface area contributed by atoms with Crippen LogP contribution in [0, 0.1) is 35.4 Å². The first kappa shape index (κ1) is 32.4. The maximum Gasteiger partial charge on any atom is 0.293 e. The van der Waals surface area contributed by atoms with E-state index in [1.54, 1.807) is 24.0 Å². The second kappa shape index (κ2) is 14.1. The number of aromatic nitrogens is 1. The van der Waals surface area contributed by atoms with E-state index in [4.69, 9.17) is 9.83 Å². The fraction of sp³-hybridized carbons (Fsp3) is 0.600. The molecule has 1 saturated heterocycles. The molecule has 7 rings (SSSR count). The molecule has 4 aliphatic rings. The van der Waals surface area contributed by atoms with Crippen molar-refractivity contribution in [1.29, 1.82) is 5.41 Å². The lowest BCUT2D eigenvalue weighted by Crippen LogP contribution is -2.54. The number of piperidine rings is 1. The Bertz CT molecular complexity index is 1590. The Hall–Kier alpha value is -3.19. The molecule has 252 valence electrons. The van der Waals surface area contributed by atoms with Gasteiger partial charge in [0.05, 0.1) is 12.6 Å². The molecule has 7 heteroatoms. The second-order valence-corrected chi connectivity index (χ2v) is 15.3. The molecule has 1 amide bonds. The van der Waals surface area contributed by atoms with Crippen molar-refractivity contribution in [3.05, 3.63) is 88.2 Å². The van der Waals surface area contributed by atoms with Gasteiger partial charge in [-0.3, -0.25) is 14.8 Å². The number of hydrogen-bond acceptors (Lipinski definition) is 4. The fourth-order valence-corrected chi connectivity index (χ4v) is 9.50. The lowest BCUT2D eigenvalue weighted by atomic mass is 9.58. The van der Waals surface area contributed by atoms with Gasteiger partial charge >= 0.3 is 0 Å². The Morgan fingerprint density at radius 3 is 2.43 bits per heavy atom. The van der Waals surface area contributed by atoms with E-state index >= 15 is 0 Å². The molecule has 6 nitrogen and oxygen atoms in total. The highest BCUT2D eigenvalue weighted by molar-refractivity contribution is 5.95. The van der Waals surface area contributed by atoms with Crippen molar-refractivity contribution in [2.24, 2.45) is 17.3 Å². The standard InChI is InChI=1S/C40H53FN4O2/c1-27-21-30(15-16-34(27)41)37(29-13-14-29)44-38(46)32-23-28(25-45-19-20-47-39(45)42)22-31(24-32)36-33-11-10-12-35(33)43-26-40(36)17-8-6-4-2-3-5-7-9-18-40/h15-16,19-24,29,33,35-37,42-43H,2-14,17-18,25-26H2,1H3,(H,44,46). The molecule has 3 saturated carbocycles. The zero-order valence-electron chi connectivity index (χ0n) is 28.2. The minimum atomic E-state index is -0.213. The Morgan fingerprint density at radius 2 is 1.74 bits per heavy atom. The smallest absolute Gasteiger partial charge is 0.293 e. The predicted molar refractivity (Wildman–Crippen MR) is 183 cm³/mol. The van der Waals surface area contributed by atoms with Gasteiger partial charge in [-0.25, -0.2) is 4.39 Å². The summed E-state index contributed by atoms with van der Waals surface area (Å²) in [6, 6.07) is 12.3. The molecular weight excluding hydrogens is 587 g/mol. The molecule has 0 radical (unpaired) electrons. The van der Waals surface area contributed by atoms with Crippen molar-refractivity contribution in [2.75, 3.05) is 6.54 Å². The zero-order chi connectivity index (χ0) is 32.4. The van der Waals surface area contributed by atoms with Crippen LogP contribution in [0.3, 0.4) is 0 Å². The van der Waals surface area contributed by atoms with Crippen LogP contribution in [0.5, 0.6) is 0 Å². The van der Waals surface area contributed by atoms with E-state index in [1.165, 1.54) is 95.1 Å². The zero-order valence-corrected chi connectivity index (χ0v) is 28.2. The Kier molecular flexibility index (Phi) is 9.72. The monoisotopic (exact) mass is 640 g/mol. The maximum atomic E-state index is 14.3. The summed E-state index contributed by atoms with van der Waals surface area (Å²) in [5.41, 5.74) is 4.90. The molecule has 1 aromatic heterocycles. The third-order valence-electron chi connectivity index (χ3n) is 12.1. The molecule has 1 spiro atoms. The number of hydrogen-bond donors (Lipinski definition) is 3. The molecule has 2 aromatic carbocycles. The van der Waals surface area contributed by atoms with Gasteiger partial charge in [0.2, 0.25) is 0 Å². The fourth-order valence-electron chi connectivity index (χ4n) is 9.50.